The molecule has 0 bridgehead atoms. The van der Waals surface area contributed by atoms with E-state index >= 15 is 0 Å². The summed E-state index contributed by atoms with van der Waals surface area (Å²) in [4.78, 5) is 3.86. The van der Waals surface area contributed by atoms with Crippen LogP contribution in [0.4, 0.5) is 11.4 Å². The molecule has 1 fully saturated rings. The van der Waals surface area contributed by atoms with Gasteiger partial charge in [0.15, 0.2) is 0 Å². The highest BCUT2D eigenvalue weighted by Crippen LogP contribution is 2.25. The molecule has 1 aliphatic rings. The largest absolute Gasteiger partial charge is 0.379 e. The second kappa shape index (κ2) is 4.65. The van der Waals surface area contributed by atoms with Gasteiger partial charge in [-0.1, -0.05) is 11.6 Å². The zero-order chi connectivity index (χ0) is 10.7. The average Bonchev–Trinajstić information content (AvgIpc) is 2.71. The van der Waals surface area contributed by atoms with Crippen LogP contribution in [-0.2, 0) is 4.74 Å². The molecule has 3 N–H and O–H groups in total. The Balaban J connectivity index is 2.14. The summed E-state index contributed by atoms with van der Waals surface area (Å²) in [5.41, 5.74) is 3.31. The van der Waals surface area contributed by atoms with E-state index in [1.807, 2.05) is 0 Å². The van der Waals surface area contributed by atoms with Crippen molar-refractivity contribution in [3.05, 3.63) is 17.4 Å². The van der Waals surface area contributed by atoms with Crippen molar-refractivity contribution in [1.29, 1.82) is 0 Å². The van der Waals surface area contributed by atoms with Gasteiger partial charge in [0.05, 0.1) is 24.5 Å². The van der Waals surface area contributed by atoms with E-state index in [4.69, 9.17) is 21.5 Å². The Kier molecular flexibility index (Phi) is 3.25. The molecule has 0 aliphatic carbocycles. The molecule has 1 unspecified atom stereocenters. The Morgan fingerprint density at radius 3 is 3.07 bits per heavy atom. The number of hydrogen-bond acceptors (Lipinski definition) is 5. The maximum atomic E-state index is 8.88. The van der Waals surface area contributed by atoms with Crippen LogP contribution in [0.5, 0.6) is 0 Å². The van der Waals surface area contributed by atoms with Crippen LogP contribution >= 0.6 is 11.6 Å². The lowest BCUT2D eigenvalue weighted by atomic mass is 10.2. The first-order valence-electron chi connectivity index (χ1n) is 4.69. The molecule has 82 valence electrons. The minimum absolute atomic E-state index is 0.260. The fourth-order valence-electron chi connectivity index (χ4n) is 1.51. The van der Waals surface area contributed by atoms with Crippen LogP contribution in [0.25, 0.3) is 0 Å². The second-order valence-electron chi connectivity index (χ2n) is 3.37. The highest BCUT2D eigenvalue weighted by atomic mass is 35.5. The lowest BCUT2D eigenvalue weighted by molar-refractivity contribution is 0.195. The van der Waals surface area contributed by atoms with Gasteiger partial charge < -0.3 is 10.1 Å². The van der Waals surface area contributed by atoms with Crippen molar-refractivity contribution >= 4 is 23.0 Å². The molecule has 5 nitrogen and oxygen atoms in total. The number of nitrogens with one attached hydrogen (secondary N) is 2. The lowest BCUT2D eigenvalue weighted by Gasteiger charge is -2.15. The van der Waals surface area contributed by atoms with E-state index in [-0.39, 0.29) is 6.04 Å². The Labute approximate surface area is 92.4 Å². The van der Waals surface area contributed by atoms with Crippen molar-refractivity contribution < 1.29 is 9.94 Å². The van der Waals surface area contributed by atoms with E-state index in [0.29, 0.717) is 17.4 Å². The van der Waals surface area contributed by atoms with Gasteiger partial charge in [-0.15, -0.1) is 0 Å². The van der Waals surface area contributed by atoms with Crippen LogP contribution < -0.4 is 10.8 Å². The van der Waals surface area contributed by atoms with Crippen LogP contribution in [-0.4, -0.2) is 29.4 Å². The molecule has 1 saturated heterocycles. The SMILES string of the molecule is ONc1cnc(Cl)cc1NC1CCOC1. The maximum absolute atomic E-state index is 8.88. The molecule has 0 spiro atoms. The average molecular weight is 230 g/mol. The zero-order valence-corrected chi connectivity index (χ0v) is 8.79. The molecule has 0 radical (unpaired) electrons. The topological polar surface area (TPSA) is 66.4 Å². The Morgan fingerprint density at radius 2 is 2.40 bits per heavy atom. The Bertz CT molecular complexity index is 342. The fourth-order valence-corrected chi connectivity index (χ4v) is 1.66. The van der Waals surface area contributed by atoms with Gasteiger partial charge in [-0.25, -0.2) is 4.98 Å². The van der Waals surface area contributed by atoms with Crippen LogP contribution in [0.2, 0.25) is 5.15 Å². The number of rotatable bonds is 3. The van der Waals surface area contributed by atoms with Crippen molar-refractivity contribution in [1.82, 2.24) is 4.98 Å². The Hall–Kier alpha value is -1.04. The van der Waals surface area contributed by atoms with E-state index in [1.165, 1.54) is 6.20 Å². The summed E-state index contributed by atoms with van der Waals surface area (Å²) in [6.07, 6.45) is 2.42. The van der Waals surface area contributed by atoms with Crippen molar-refractivity contribution in [2.24, 2.45) is 0 Å². The van der Waals surface area contributed by atoms with E-state index < -0.39 is 0 Å². The smallest absolute Gasteiger partial charge is 0.131 e. The number of hydrogen-bond donors (Lipinski definition) is 3. The predicted octanol–water partition coefficient (Wildman–Crippen LogP) is 1.74. The van der Waals surface area contributed by atoms with Crippen molar-refractivity contribution in [3.8, 4) is 0 Å². The van der Waals surface area contributed by atoms with E-state index in [9.17, 15) is 0 Å². The van der Waals surface area contributed by atoms with Gasteiger partial charge in [0.1, 0.15) is 10.8 Å². The van der Waals surface area contributed by atoms with Crippen molar-refractivity contribution in [3.63, 3.8) is 0 Å². The van der Waals surface area contributed by atoms with Crippen molar-refractivity contribution in [2.75, 3.05) is 24.0 Å². The molecule has 1 aromatic rings. The normalized spacial score (nSPS) is 20.3. The lowest BCUT2D eigenvalue weighted by Crippen LogP contribution is -2.19. The first-order chi connectivity index (χ1) is 7.29. The number of ether oxygens (including phenoxy) is 1. The van der Waals surface area contributed by atoms with Gasteiger partial charge in [-0.3, -0.25) is 10.7 Å². The molecule has 1 aliphatic heterocycles. The van der Waals surface area contributed by atoms with E-state index in [2.05, 4.69) is 15.8 Å². The van der Waals surface area contributed by atoms with Gasteiger partial charge in [-0.05, 0) is 6.42 Å². The van der Waals surface area contributed by atoms with Gasteiger partial charge >= 0.3 is 0 Å². The molecule has 2 rings (SSSR count). The van der Waals surface area contributed by atoms with E-state index in [0.717, 1.165) is 18.7 Å². The molecule has 2 heterocycles. The summed E-state index contributed by atoms with van der Waals surface area (Å²) in [6.45, 7) is 1.43. The third-order valence-electron chi connectivity index (χ3n) is 2.28. The molecule has 0 aromatic carbocycles. The van der Waals surface area contributed by atoms with E-state index in [1.54, 1.807) is 6.07 Å². The molecule has 15 heavy (non-hydrogen) atoms. The summed E-state index contributed by atoms with van der Waals surface area (Å²) in [6, 6.07) is 1.92. The first-order valence-corrected chi connectivity index (χ1v) is 5.07. The predicted molar refractivity (Wildman–Crippen MR) is 57.5 cm³/mol. The van der Waals surface area contributed by atoms with Gasteiger partial charge in [0, 0.05) is 12.7 Å². The number of anilines is 2. The van der Waals surface area contributed by atoms with Crippen molar-refractivity contribution in [2.45, 2.75) is 12.5 Å². The summed E-state index contributed by atoms with van der Waals surface area (Å²) in [5.74, 6) is 0. The van der Waals surface area contributed by atoms with Gasteiger partial charge in [-0.2, -0.15) is 0 Å². The number of halogens is 1. The second-order valence-corrected chi connectivity index (χ2v) is 3.76. The zero-order valence-electron chi connectivity index (χ0n) is 8.03. The standard InChI is InChI=1S/C9H12ClN3O2/c10-9-3-7(8(13-14)4-11-9)12-6-1-2-15-5-6/h3-4,6,13-14H,1-2,5H2,(H,11,12). The first kappa shape index (κ1) is 10.5. The van der Waals surface area contributed by atoms with Crippen LogP contribution in [0.3, 0.4) is 0 Å². The quantitative estimate of drug-likeness (QED) is 0.544. The molecular formula is C9H12ClN3O2. The van der Waals surface area contributed by atoms with Gasteiger partial charge in [0.25, 0.3) is 0 Å². The maximum Gasteiger partial charge on any atom is 0.131 e. The molecule has 0 saturated carbocycles. The molecule has 1 aromatic heterocycles. The molecule has 6 heteroatoms. The fraction of sp³-hybridized carbons (Fsp3) is 0.444. The molecular weight excluding hydrogens is 218 g/mol. The summed E-state index contributed by atoms with van der Waals surface area (Å²) in [5, 5.41) is 12.5. The minimum atomic E-state index is 0.260. The Morgan fingerprint density at radius 1 is 1.53 bits per heavy atom. The highest BCUT2D eigenvalue weighted by molar-refractivity contribution is 6.29. The summed E-state index contributed by atoms with van der Waals surface area (Å²) in [7, 11) is 0. The molecule has 0 amide bonds. The number of nitrogens with zero attached hydrogens (tertiary/aromatic N) is 1. The third-order valence-corrected chi connectivity index (χ3v) is 2.49. The number of pyridine rings is 1. The minimum Gasteiger partial charge on any atom is -0.379 e. The highest BCUT2D eigenvalue weighted by Gasteiger charge is 2.16. The molecule has 1 atom stereocenters. The number of aromatic nitrogens is 1. The summed E-state index contributed by atoms with van der Waals surface area (Å²) < 4.78 is 5.24. The van der Waals surface area contributed by atoms with Gasteiger partial charge in [0.2, 0.25) is 0 Å². The van der Waals surface area contributed by atoms with Crippen LogP contribution in [0.15, 0.2) is 12.3 Å². The van der Waals surface area contributed by atoms with Crippen LogP contribution in [0, 0.1) is 0 Å². The summed E-state index contributed by atoms with van der Waals surface area (Å²) >= 11 is 5.77. The third kappa shape index (κ3) is 2.50. The van der Waals surface area contributed by atoms with Crippen LogP contribution in [0.1, 0.15) is 6.42 Å². The monoisotopic (exact) mass is 229 g/mol.